The summed E-state index contributed by atoms with van der Waals surface area (Å²) in [6.45, 7) is 2.31. The van der Waals surface area contributed by atoms with E-state index >= 15 is 0 Å². The van der Waals surface area contributed by atoms with Gasteiger partial charge in [0.2, 0.25) is 0 Å². The first kappa shape index (κ1) is 15.1. The summed E-state index contributed by atoms with van der Waals surface area (Å²) in [5.74, 6) is -0.210. The maximum atomic E-state index is 12.2. The number of hydrogen-bond acceptors (Lipinski definition) is 4. The van der Waals surface area contributed by atoms with Gasteiger partial charge in [-0.3, -0.25) is 5.32 Å². The van der Waals surface area contributed by atoms with Crippen LogP contribution in [0, 0.1) is 0 Å². The normalized spacial score (nSPS) is 13.4. The first-order valence-electron chi connectivity index (χ1n) is 6.73. The fourth-order valence-corrected chi connectivity index (χ4v) is 2.17. The van der Waals surface area contributed by atoms with E-state index in [1.807, 2.05) is 30.3 Å². The zero-order valence-electron chi connectivity index (χ0n) is 12.2. The summed E-state index contributed by atoms with van der Waals surface area (Å²) in [6.07, 6.45) is 0. The molecule has 0 aromatic heterocycles. The largest absolute Gasteiger partial charge is 0.508 e. The third-order valence-electron chi connectivity index (χ3n) is 3.53. The summed E-state index contributed by atoms with van der Waals surface area (Å²) >= 11 is 0. The quantitative estimate of drug-likeness (QED) is 0.829. The predicted octanol–water partition coefficient (Wildman–Crippen LogP) is 2.57. The zero-order valence-corrected chi connectivity index (χ0v) is 12.2. The number of aromatic hydroxyl groups is 1. The molecule has 4 heteroatoms. The fourth-order valence-electron chi connectivity index (χ4n) is 2.17. The number of carbonyl (C=O) groups excluding carboxylic acids is 1. The molecule has 2 aromatic rings. The number of ether oxygens (including phenoxy) is 1. The second-order valence-electron chi connectivity index (χ2n) is 5.00. The van der Waals surface area contributed by atoms with Gasteiger partial charge in [0, 0.05) is 6.54 Å². The molecule has 0 spiro atoms. The molecule has 110 valence electrons. The lowest BCUT2D eigenvalue weighted by Crippen LogP contribution is -2.47. The molecule has 0 bridgehead atoms. The average molecular weight is 285 g/mol. The second kappa shape index (κ2) is 6.41. The van der Waals surface area contributed by atoms with Crippen molar-refractivity contribution in [1.82, 2.24) is 5.32 Å². The van der Waals surface area contributed by atoms with Crippen molar-refractivity contribution < 1.29 is 14.6 Å². The summed E-state index contributed by atoms with van der Waals surface area (Å²) in [5, 5.41) is 12.6. The number of esters is 1. The summed E-state index contributed by atoms with van der Waals surface area (Å²) in [6, 6.07) is 16.4. The molecule has 0 aliphatic carbocycles. The highest BCUT2D eigenvalue weighted by Crippen LogP contribution is 2.25. The van der Waals surface area contributed by atoms with Crippen LogP contribution in [-0.2, 0) is 21.6 Å². The number of rotatable bonds is 5. The molecule has 0 saturated heterocycles. The van der Waals surface area contributed by atoms with Crippen molar-refractivity contribution in [2.75, 3.05) is 7.11 Å². The van der Waals surface area contributed by atoms with Gasteiger partial charge in [0.1, 0.15) is 11.3 Å². The van der Waals surface area contributed by atoms with Gasteiger partial charge in [0.05, 0.1) is 7.11 Å². The highest BCUT2D eigenvalue weighted by atomic mass is 16.5. The lowest BCUT2D eigenvalue weighted by atomic mass is 9.91. The van der Waals surface area contributed by atoms with E-state index in [4.69, 9.17) is 4.74 Å². The monoisotopic (exact) mass is 285 g/mol. The molecule has 0 radical (unpaired) electrons. The van der Waals surface area contributed by atoms with Crippen LogP contribution in [0.1, 0.15) is 18.1 Å². The van der Waals surface area contributed by atoms with Crippen LogP contribution in [0.15, 0.2) is 54.6 Å². The standard InChI is InChI=1S/C17H19NO3/c1-17(16(20)21-2,14-8-10-15(19)11-9-14)18-12-13-6-4-3-5-7-13/h3-11,18-19H,12H2,1-2H3. The number of benzene rings is 2. The topological polar surface area (TPSA) is 58.6 Å². The SMILES string of the molecule is COC(=O)C(C)(NCc1ccccc1)c1ccc(O)cc1. The number of methoxy groups -OCH3 is 1. The summed E-state index contributed by atoms with van der Waals surface area (Å²) < 4.78 is 4.92. The van der Waals surface area contributed by atoms with Crippen LogP contribution in [0.25, 0.3) is 0 Å². The van der Waals surface area contributed by atoms with Crippen molar-refractivity contribution in [2.24, 2.45) is 0 Å². The number of phenols is 1. The van der Waals surface area contributed by atoms with E-state index in [9.17, 15) is 9.90 Å². The third kappa shape index (κ3) is 3.41. The third-order valence-corrected chi connectivity index (χ3v) is 3.53. The van der Waals surface area contributed by atoms with Gasteiger partial charge < -0.3 is 9.84 Å². The minimum atomic E-state index is -0.974. The van der Waals surface area contributed by atoms with Crippen LogP contribution in [0.4, 0.5) is 0 Å². The van der Waals surface area contributed by atoms with Crippen molar-refractivity contribution in [2.45, 2.75) is 19.0 Å². The Balaban J connectivity index is 2.25. The molecule has 21 heavy (non-hydrogen) atoms. The highest BCUT2D eigenvalue weighted by molar-refractivity contribution is 5.82. The van der Waals surface area contributed by atoms with E-state index in [0.29, 0.717) is 6.54 Å². The van der Waals surface area contributed by atoms with Crippen LogP contribution in [-0.4, -0.2) is 18.2 Å². The van der Waals surface area contributed by atoms with Crippen LogP contribution in [0.5, 0.6) is 5.75 Å². The Morgan fingerprint density at radius 3 is 2.33 bits per heavy atom. The Morgan fingerprint density at radius 1 is 1.14 bits per heavy atom. The highest BCUT2D eigenvalue weighted by Gasteiger charge is 2.35. The molecule has 0 aliphatic rings. The average Bonchev–Trinajstić information content (AvgIpc) is 2.53. The number of phenolic OH excluding ortho intramolecular Hbond substituents is 1. The van der Waals surface area contributed by atoms with Crippen molar-refractivity contribution in [3.05, 3.63) is 65.7 Å². The van der Waals surface area contributed by atoms with Gasteiger partial charge in [-0.15, -0.1) is 0 Å². The van der Waals surface area contributed by atoms with E-state index in [1.165, 1.54) is 7.11 Å². The van der Waals surface area contributed by atoms with E-state index in [2.05, 4.69) is 5.32 Å². The van der Waals surface area contributed by atoms with Crippen molar-refractivity contribution in [3.8, 4) is 5.75 Å². The molecule has 1 atom stereocenters. The first-order chi connectivity index (χ1) is 10.1. The molecule has 0 aliphatic heterocycles. The van der Waals surface area contributed by atoms with E-state index in [1.54, 1.807) is 31.2 Å². The van der Waals surface area contributed by atoms with Crippen LogP contribution in [0.2, 0.25) is 0 Å². The summed E-state index contributed by atoms with van der Waals surface area (Å²) in [4.78, 5) is 12.2. The molecular formula is C17H19NO3. The molecule has 2 rings (SSSR count). The van der Waals surface area contributed by atoms with Gasteiger partial charge in [-0.1, -0.05) is 42.5 Å². The summed E-state index contributed by atoms with van der Waals surface area (Å²) in [5.41, 5.74) is 0.840. The lowest BCUT2D eigenvalue weighted by Gasteiger charge is -2.28. The Labute approximate surface area is 124 Å². The minimum absolute atomic E-state index is 0.161. The van der Waals surface area contributed by atoms with Crippen molar-refractivity contribution in [3.63, 3.8) is 0 Å². The first-order valence-corrected chi connectivity index (χ1v) is 6.73. The van der Waals surface area contributed by atoms with Gasteiger partial charge in [-0.05, 0) is 30.2 Å². The van der Waals surface area contributed by atoms with Crippen LogP contribution in [0.3, 0.4) is 0 Å². The van der Waals surface area contributed by atoms with Crippen LogP contribution < -0.4 is 5.32 Å². The minimum Gasteiger partial charge on any atom is -0.508 e. The maximum absolute atomic E-state index is 12.2. The van der Waals surface area contributed by atoms with Gasteiger partial charge >= 0.3 is 5.97 Å². The lowest BCUT2D eigenvalue weighted by molar-refractivity contribution is -0.148. The fraction of sp³-hybridized carbons (Fsp3) is 0.235. The molecule has 0 saturated carbocycles. The van der Waals surface area contributed by atoms with Gasteiger partial charge in [0.15, 0.2) is 0 Å². The van der Waals surface area contributed by atoms with Crippen molar-refractivity contribution in [1.29, 1.82) is 0 Å². The number of nitrogens with one attached hydrogen (secondary N) is 1. The van der Waals surface area contributed by atoms with Crippen molar-refractivity contribution >= 4 is 5.97 Å². The van der Waals surface area contributed by atoms with E-state index in [0.717, 1.165) is 11.1 Å². The molecule has 2 N–H and O–H groups in total. The Hall–Kier alpha value is -2.33. The molecule has 0 amide bonds. The molecular weight excluding hydrogens is 266 g/mol. The van der Waals surface area contributed by atoms with E-state index < -0.39 is 5.54 Å². The van der Waals surface area contributed by atoms with E-state index in [-0.39, 0.29) is 11.7 Å². The number of hydrogen-bond donors (Lipinski definition) is 2. The van der Waals surface area contributed by atoms with Crippen LogP contribution >= 0.6 is 0 Å². The smallest absolute Gasteiger partial charge is 0.330 e. The molecule has 0 heterocycles. The van der Waals surface area contributed by atoms with Gasteiger partial charge in [-0.2, -0.15) is 0 Å². The molecule has 0 fully saturated rings. The van der Waals surface area contributed by atoms with Gasteiger partial charge in [-0.25, -0.2) is 4.79 Å². The predicted molar refractivity (Wildman–Crippen MR) is 80.8 cm³/mol. The zero-order chi connectivity index (χ0) is 15.3. The Morgan fingerprint density at radius 2 is 1.76 bits per heavy atom. The number of carbonyl (C=O) groups is 1. The summed E-state index contributed by atoms with van der Waals surface area (Å²) in [7, 11) is 1.37. The van der Waals surface area contributed by atoms with Gasteiger partial charge in [0.25, 0.3) is 0 Å². The maximum Gasteiger partial charge on any atom is 0.330 e. The Bertz CT molecular complexity index is 595. The molecule has 1 unspecified atom stereocenters. The Kier molecular flexibility index (Phi) is 4.60. The molecule has 2 aromatic carbocycles. The molecule has 4 nitrogen and oxygen atoms in total. The second-order valence-corrected chi connectivity index (χ2v) is 5.00.